The van der Waals surface area contributed by atoms with Gasteiger partial charge in [-0.25, -0.2) is 9.78 Å². The molecule has 0 aliphatic carbocycles. The number of imidazole rings is 1. The molecule has 1 aliphatic rings. The van der Waals surface area contributed by atoms with Gasteiger partial charge in [-0.1, -0.05) is 13.8 Å². The Labute approximate surface area is 192 Å². The number of aliphatic hydroxyl groups excluding tert-OH is 1. The Morgan fingerprint density at radius 1 is 1.24 bits per heavy atom. The molecule has 5 atom stereocenters. The zero-order valence-corrected chi connectivity index (χ0v) is 19.2. The van der Waals surface area contributed by atoms with Gasteiger partial charge < -0.3 is 36.5 Å². The molecule has 2 rings (SSSR count). The van der Waals surface area contributed by atoms with Crippen LogP contribution in [0.5, 0.6) is 0 Å². The van der Waals surface area contributed by atoms with Crippen molar-refractivity contribution in [2.75, 3.05) is 6.54 Å². The van der Waals surface area contributed by atoms with Gasteiger partial charge in [-0.05, 0) is 32.1 Å². The number of hydrogen-bond acceptors (Lipinski definition) is 7. The Kier molecular flexibility index (Phi) is 9.35. The molecule has 0 bridgehead atoms. The van der Waals surface area contributed by atoms with Crippen molar-refractivity contribution < 1.29 is 29.4 Å². The van der Waals surface area contributed by atoms with E-state index < -0.39 is 54.0 Å². The number of aromatic nitrogens is 2. The summed E-state index contributed by atoms with van der Waals surface area (Å²) in [7, 11) is 0. The number of carbonyl (C=O) groups is 4. The lowest BCUT2D eigenvalue weighted by molar-refractivity contribution is -0.149. The van der Waals surface area contributed by atoms with Crippen molar-refractivity contribution in [3.05, 3.63) is 18.2 Å². The van der Waals surface area contributed by atoms with Gasteiger partial charge in [-0.2, -0.15) is 0 Å². The second-order valence-electron chi connectivity index (χ2n) is 8.83. The van der Waals surface area contributed by atoms with Gasteiger partial charge in [0.2, 0.25) is 17.7 Å². The van der Waals surface area contributed by atoms with Crippen molar-refractivity contribution in [3.8, 4) is 0 Å². The molecular weight excluding hydrogens is 432 g/mol. The van der Waals surface area contributed by atoms with Crippen molar-refractivity contribution in [1.29, 1.82) is 0 Å². The Balaban J connectivity index is 2.18. The number of aliphatic carboxylic acids is 1. The van der Waals surface area contributed by atoms with Crippen LogP contribution in [-0.2, 0) is 25.6 Å². The summed E-state index contributed by atoms with van der Waals surface area (Å²) in [5, 5.41) is 24.6. The first-order valence-corrected chi connectivity index (χ1v) is 11.1. The summed E-state index contributed by atoms with van der Waals surface area (Å²) in [5.41, 5.74) is 6.43. The highest BCUT2D eigenvalue weighted by Crippen LogP contribution is 2.19. The van der Waals surface area contributed by atoms with Crippen molar-refractivity contribution in [2.45, 2.75) is 76.7 Å². The van der Waals surface area contributed by atoms with Crippen LogP contribution in [0.15, 0.2) is 12.5 Å². The first-order chi connectivity index (χ1) is 15.5. The second kappa shape index (κ2) is 11.8. The van der Waals surface area contributed by atoms with E-state index in [4.69, 9.17) is 5.73 Å². The number of aliphatic hydroxyl groups is 1. The number of rotatable bonds is 11. The minimum atomic E-state index is -1.35. The first kappa shape index (κ1) is 26.3. The molecule has 0 aromatic carbocycles. The summed E-state index contributed by atoms with van der Waals surface area (Å²) in [4.78, 5) is 58.2. The molecule has 33 heavy (non-hydrogen) atoms. The van der Waals surface area contributed by atoms with E-state index in [1.807, 2.05) is 13.8 Å². The molecule has 12 nitrogen and oxygen atoms in total. The molecule has 1 aromatic heterocycles. The number of likely N-dealkylation sites (tertiary alicyclic amines) is 1. The van der Waals surface area contributed by atoms with Crippen LogP contribution in [0.2, 0.25) is 0 Å². The molecular formula is C21H34N6O6. The van der Waals surface area contributed by atoms with Crippen LogP contribution in [0.4, 0.5) is 0 Å². The lowest BCUT2D eigenvalue weighted by Crippen LogP contribution is -2.60. The van der Waals surface area contributed by atoms with E-state index in [9.17, 15) is 29.4 Å². The van der Waals surface area contributed by atoms with Crippen LogP contribution in [0.3, 0.4) is 0 Å². The molecule has 2 heterocycles. The fraction of sp³-hybridized carbons (Fsp3) is 0.667. The lowest BCUT2D eigenvalue weighted by atomic mass is 10.0. The van der Waals surface area contributed by atoms with Gasteiger partial charge in [0.05, 0.1) is 18.5 Å². The second-order valence-corrected chi connectivity index (χ2v) is 8.83. The quantitative estimate of drug-likeness (QED) is 0.233. The topological polar surface area (TPSA) is 191 Å². The third-order valence-corrected chi connectivity index (χ3v) is 5.54. The summed E-state index contributed by atoms with van der Waals surface area (Å²) in [6, 6.07) is -4.30. The average Bonchev–Trinajstić information content (AvgIpc) is 3.41. The monoisotopic (exact) mass is 466 g/mol. The molecule has 7 N–H and O–H groups in total. The standard InChI is InChI=1S/C21H34N6O6/c1-11(2)7-14(22)18(29)26-17(12(3)28)19(30)25-15(8-13-9-23-10-24-13)20(31)27-6-4-5-16(27)21(32)33/h9-12,14-17,28H,4-8,22H2,1-3H3,(H,23,24)(H,25,30)(H,26,29)(H,32,33). The third kappa shape index (κ3) is 7.26. The van der Waals surface area contributed by atoms with E-state index in [0.29, 0.717) is 25.0 Å². The number of aromatic amines is 1. The predicted octanol–water partition coefficient (Wildman–Crippen LogP) is -1.25. The maximum atomic E-state index is 13.2. The van der Waals surface area contributed by atoms with E-state index in [2.05, 4.69) is 20.6 Å². The van der Waals surface area contributed by atoms with Crippen LogP contribution in [0.1, 0.15) is 45.7 Å². The zero-order chi connectivity index (χ0) is 24.7. The highest BCUT2D eigenvalue weighted by Gasteiger charge is 2.39. The Bertz CT molecular complexity index is 827. The predicted molar refractivity (Wildman–Crippen MR) is 118 cm³/mol. The zero-order valence-electron chi connectivity index (χ0n) is 19.2. The maximum Gasteiger partial charge on any atom is 0.326 e. The summed E-state index contributed by atoms with van der Waals surface area (Å²) in [6.45, 7) is 5.40. The minimum absolute atomic E-state index is 0.0285. The van der Waals surface area contributed by atoms with E-state index in [-0.39, 0.29) is 18.9 Å². The van der Waals surface area contributed by atoms with Gasteiger partial charge in [0.1, 0.15) is 18.1 Å². The first-order valence-electron chi connectivity index (χ1n) is 11.1. The number of nitrogens with two attached hydrogens (primary N) is 1. The number of carboxylic acid groups (broad SMARTS) is 1. The summed E-state index contributed by atoms with van der Waals surface area (Å²) in [6.07, 6.45) is 2.93. The Morgan fingerprint density at radius 2 is 1.94 bits per heavy atom. The van der Waals surface area contributed by atoms with Crippen LogP contribution in [0, 0.1) is 5.92 Å². The van der Waals surface area contributed by atoms with Crippen molar-refractivity contribution >= 4 is 23.7 Å². The number of H-pyrrole nitrogens is 1. The number of amides is 3. The van der Waals surface area contributed by atoms with Gasteiger partial charge in [0.25, 0.3) is 0 Å². The Hall–Kier alpha value is -2.99. The van der Waals surface area contributed by atoms with Gasteiger partial charge in [0.15, 0.2) is 0 Å². The third-order valence-electron chi connectivity index (χ3n) is 5.54. The smallest absolute Gasteiger partial charge is 0.326 e. The van der Waals surface area contributed by atoms with E-state index >= 15 is 0 Å². The molecule has 5 unspecified atom stereocenters. The van der Waals surface area contributed by atoms with Crippen molar-refractivity contribution in [2.24, 2.45) is 11.7 Å². The van der Waals surface area contributed by atoms with E-state index in [1.165, 1.54) is 24.3 Å². The maximum absolute atomic E-state index is 13.2. The molecule has 1 aliphatic heterocycles. The largest absolute Gasteiger partial charge is 0.480 e. The SMILES string of the molecule is CC(C)CC(N)C(=O)NC(C(=O)NC(Cc1cnc[nH]1)C(=O)N1CCCC1C(=O)O)C(C)O. The molecule has 1 aromatic rings. The number of carbonyl (C=O) groups excluding carboxylic acids is 3. The Morgan fingerprint density at radius 3 is 2.48 bits per heavy atom. The number of nitrogens with zero attached hydrogens (tertiary/aromatic N) is 2. The van der Waals surface area contributed by atoms with Crippen molar-refractivity contribution in [3.63, 3.8) is 0 Å². The van der Waals surface area contributed by atoms with E-state index in [0.717, 1.165) is 0 Å². The highest BCUT2D eigenvalue weighted by atomic mass is 16.4. The van der Waals surface area contributed by atoms with Crippen molar-refractivity contribution in [1.82, 2.24) is 25.5 Å². The number of carboxylic acids is 1. The molecule has 0 spiro atoms. The molecule has 12 heteroatoms. The van der Waals surface area contributed by atoms with Gasteiger partial charge in [-0.3, -0.25) is 14.4 Å². The fourth-order valence-electron chi connectivity index (χ4n) is 3.85. The van der Waals surface area contributed by atoms with Gasteiger partial charge in [-0.15, -0.1) is 0 Å². The molecule has 3 amide bonds. The highest BCUT2D eigenvalue weighted by molar-refractivity contribution is 5.94. The fourth-order valence-corrected chi connectivity index (χ4v) is 3.85. The molecule has 0 saturated carbocycles. The number of nitrogens with one attached hydrogen (secondary N) is 3. The van der Waals surface area contributed by atoms with Crippen LogP contribution >= 0.6 is 0 Å². The van der Waals surface area contributed by atoms with Crippen LogP contribution in [-0.4, -0.2) is 85.6 Å². The van der Waals surface area contributed by atoms with Gasteiger partial charge >= 0.3 is 5.97 Å². The number of hydrogen-bond donors (Lipinski definition) is 6. The summed E-state index contributed by atoms with van der Waals surface area (Å²) < 4.78 is 0. The normalized spacial score (nSPS) is 19.6. The molecule has 0 radical (unpaired) electrons. The molecule has 1 fully saturated rings. The van der Waals surface area contributed by atoms with Crippen LogP contribution in [0.25, 0.3) is 0 Å². The van der Waals surface area contributed by atoms with E-state index in [1.54, 1.807) is 0 Å². The molecule has 1 saturated heterocycles. The van der Waals surface area contributed by atoms with Gasteiger partial charge in [0, 0.05) is 24.9 Å². The molecule has 184 valence electrons. The lowest BCUT2D eigenvalue weighted by Gasteiger charge is -2.29. The minimum Gasteiger partial charge on any atom is -0.480 e. The van der Waals surface area contributed by atoms with Crippen LogP contribution < -0.4 is 16.4 Å². The summed E-state index contributed by atoms with van der Waals surface area (Å²) in [5.74, 6) is -2.88. The average molecular weight is 467 g/mol. The summed E-state index contributed by atoms with van der Waals surface area (Å²) >= 11 is 0.